The molecule has 3 rings (SSSR count). The Morgan fingerprint density at radius 3 is 2.83 bits per heavy atom. The van der Waals surface area contributed by atoms with Gasteiger partial charge in [0.15, 0.2) is 0 Å². The van der Waals surface area contributed by atoms with Gasteiger partial charge < -0.3 is 20.3 Å². The Hall–Kier alpha value is -2.67. The molecule has 3 heterocycles. The van der Waals surface area contributed by atoms with Gasteiger partial charge >= 0.3 is 5.97 Å². The van der Waals surface area contributed by atoms with Gasteiger partial charge in [-0.1, -0.05) is 18.6 Å². The van der Waals surface area contributed by atoms with Crippen molar-refractivity contribution in [3.63, 3.8) is 0 Å². The highest BCUT2D eigenvalue weighted by atomic mass is 16.5. The Kier molecular flexibility index (Phi) is 8.02. The van der Waals surface area contributed by atoms with E-state index in [0.717, 1.165) is 49.3 Å². The summed E-state index contributed by atoms with van der Waals surface area (Å²) >= 11 is 0. The van der Waals surface area contributed by atoms with E-state index >= 15 is 0 Å². The van der Waals surface area contributed by atoms with Crippen LogP contribution in [0, 0.1) is 0 Å². The van der Waals surface area contributed by atoms with Crippen LogP contribution in [-0.4, -0.2) is 45.9 Å². The number of anilines is 1. The average Bonchev–Trinajstić information content (AvgIpc) is 2.76. The van der Waals surface area contributed by atoms with Gasteiger partial charge in [0.2, 0.25) is 5.88 Å². The van der Waals surface area contributed by atoms with Crippen LogP contribution in [0.1, 0.15) is 61.3 Å². The molecule has 0 spiro atoms. The molecule has 2 aromatic heterocycles. The molecule has 0 aromatic carbocycles. The van der Waals surface area contributed by atoms with Crippen molar-refractivity contribution < 1.29 is 19.7 Å². The van der Waals surface area contributed by atoms with Gasteiger partial charge in [-0.05, 0) is 61.6 Å². The quantitative estimate of drug-likeness (QED) is 0.517. The molecule has 7 heteroatoms. The first-order valence-corrected chi connectivity index (χ1v) is 10.7. The topological polar surface area (TPSA) is 105 Å². The predicted molar refractivity (Wildman–Crippen MR) is 115 cm³/mol. The fraction of sp³-hybridized carbons (Fsp3) is 0.522. The van der Waals surface area contributed by atoms with Crippen molar-refractivity contribution >= 4 is 11.8 Å². The van der Waals surface area contributed by atoms with Crippen molar-refractivity contribution in [3.05, 3.63) is 47.3 Å². The van der Waals surface area contributed by atoms with Crippen LogP contribution < -0.4 is 10.1 Å². The monoisotopic (exact) mass is 413 g/mol. The number of aliphatic carboxylic acids is 1. The molecule has 0 radical (unpaired) electrons. The number of methoxy groups -OCH3 is 1. The highest BCUT2D eigenvalue weighted by Crippen LogP contribution is 2.27. The number of rotatable bonds is 11. The molecule has 162 valence electrons. The summed E-state index contributed by atoms with van der Waals surface area (Å²) in [6.45, 7) is 0.966. The van der Waals surface area contributed by atoms with Crippen molar-refractivity contribution in [1.29, 1.82) is 0 Å². The van der Waals surface area contributed by atoms with Crippen molar-refractivity contribution in [2.24, 2.45) is 0 Å². The van der Waals surface area contributed by atoms with Crippen molar-refractivity contribution in [3.8, 4) is 5.88 Å². The van der Waals surface area contributed by atoms with E-state index in [9.17, 15) is 15.0 Å². The third-order valence-electron chi connectivity index (χ3n) is 5.64. The van der Waals surface area contributed by atoms with E-state index < -0.39 is 12.1 Å². The number of aliphatic hydroxyl groups is 1. The van der Waals surface area contributed by atoms with Crippen LogP contribution in [0.5, 0.6) is 5.88 Å². The highest BCUT2D eigenvalue weighted by molar-refractivity contribution is 5.68. The van der Waals surface area contributed by atoms with Crippen LogP contribution in [0.25, 0.3) is 0 Å². The van der Waals surface area contributed by atoms with Crippen molar-refractivity contribution in [2.75, 3.05) is 19.0 Å². The molecule has 1 aliphatic rings. The molecular formula is C23H31N3O4. The van der Waals surface area contributed by atoms with Crippen molar-refractivity contribution in [1.82, 2.24) is 9.97 Å². The number of pyridine rings is 2. The summed E-state index contributed by atoms with van der Waals surface area (Å²) in [6, 6.07) is 7.80. The van der Waals surface area contributed by atoms with Gasteiger partial charge in [0.1, 0.15) is 5.82 Å². The zero-order valence-electron chi connectivity index (χ0n) is 17.5. The molecule has 0 bridgehead atoms. The maximum absolute atomic E-state index is 11.3. The Bertz CT molecular complexity index is 826. The van der Waals surface area contributed by atoms with Gasteiger partial charge in [-0.3, -0.25) is 4.79 Å². The number of nitrogens with one attached hydrogen (secondary N) is 1. The summed E-state index contributed by atoms with van der Waals surface area (Å²) < 4.78 is 5.07. The van der Waals surface area contributed by atoms with Gasteiger partial charge in [-0.15, -0.1) is 0 Å². The van der Waals surface area contributed by atoms with Crippen LogP contribution in [0.3, 0.4) is 0 Å². The van der Waals surface area contributed by atoms with Crippen LogP contribution in [0.4, 0.5) is 5.82 Å². The first kappa shape index (κ1) is 22.0. The van der Waals surface area contributed by atoms with Crippen LogP contribution in [0.2, 0.25) is 0 Å². The van der Waals surface area contributed by atoms with Crippen molar-refractivity contribution in [2.45, 2.75) is 63.4 Å². The molecule has 2 aromatic rings. The second-order valence-electron chi connectivity index (χ2n) is 7.89. The number of nitrogens with zero attached hydrogens (tertiary/aromatic N) is 2. The lowest BCUT2D eigenvalue weighted by Gasteiger charge is -2.18. The Balaban J connectivity index is 1.46. The third kappa shape index (κ3) is 6.42. The van der Waals surface area contributed by atoms with E-state index in [1.54, 1.807) is 19.4 Å². The smallest absolute Gasteiger partial charge is 0.303 e. The number of carbonyl (C=O) groups is 1. The number of ether oxygens (including phenoxy) is 1. The number of carboxylic acids is 1. The van der Waals surface area contributed by atoms with Gasteiger partial charge in [0.25, 0.3) is 0 Å². The SMILES string of the molecule is COc1ccc([C@H](CCCC(O)CCc2ccc3c(n2)NCCC3)CC(=O)O)cn1. The van der Waals surface area contributed by atoms with Crippen LogP contribution >= 0.6 is 0 Å². The molecule has 2 atom stereocenters. The Morgan fingerprint density at radius 2 is 2.10 bits per heavy atom. The number of aliphatic hydroxyl groups excluding tert-OH is 1. The van der Waals surface area contributed by atoms with E-state index in [-0.39, 0.29) is 12.3 Å². The van der Waals surface area contributed by atoms with E-state index in [1.165, 1.54) is 5.56 Å². The van der Waals surface area contributed by atoms with E-state index in [2.05, 4.69) is 27.4 Å². The molecule has 0 amide bonds. The fourth-order valence-electron chi connectivity index (χ4n) is 3.92. The first-order valence-electron chi connectivity index (χ1n) is 10.7. The molecule has 7 nitrogen and oxygen atoms in total. The molecule has 1 aliphatic heterocycles. The minimum Gasteiger partial charge on any atom is -0.481 e. The van der Waals surface area contributed by atoms with E-state index in [4.69, 9.17) is 4.74 Å². The van der Waals surface area contributed by atoms with E-state index in [1.807, 2.05) is 6.07 Å². The number of fused-ring (bicyclic) bond motifs is 1. The largest absolute Gasteiger partial charge is 0.481 e. The number of hydrogen-bond donors (Lipinski definition) is 3. The second kappa shape index (κ2) is 10.9. The lowest BCUT2D eigenvalue weighted by atomic mass is 9.90. The van der Waals surface area contributed by atoms with Crippen LogP contribution in [-0.2, 0) is 17.6 Å². The maximum Gasteiger partial charge on any atom is 0.303 e. The Labute approximate surface area is 177 Å². The predicted octanol–water partition coefficient (Wildman–Crippen LogP) is 3.57. The lowest BCUT2D eigenvalue weighted by Crippen LogP contribution is -2.15. The van der Waals surface area contributed by atoms with Gasteiger partial charge in [0.05, 0.1) is 19.6 Å². The number of hydrogen-bond acceptors (Lipinski definition) is 6. The normalized spacial score (nSPS) is 15.0. The average molecular weight is 414 g/mol. The Morgan fingerprint density at radius 1 is 1.23 bits per heavy atom. The first-order chi connectivity index (χ1) is 14.5. The summed E-state index contributed by atoms with van der Waals surface area (Å²) in [4.78, 5) is 20.1. The minimum absolute atomic E-state index is 0.0517. The highest BCUT2D eigenvalue weighted by Gasteiger charge is 2.17. The summed E-state index contributed by atoms with van der Waals surface area (Å²) in [7, 11) is 1.55. The second-order valence-corrected chi connectivity index (χ2v) is 7.89. The molecule has 3 N–H and O–H groups in total. The standard InChI is InChI=1S/C23H31N3O4/c1-30-21-12-8-18(15-25-21)17(14-22(28)29)4-2-6-20(27)11-10-19-9-7-16-5-3-13-24-23(16)26-19/h7-9,12,15,17,20,27H,2-6,10-11,13-14H2,1H3,(H,24,26)(H,28,29)/t17-,20?/m1/s1. The minimum atomic E-state index is -0.830. The van der Waals surface area contributed by atoms with Gasteiger partial charge in [-0.25, -0.2) is 9.97 Å². The molecule has 30 heavy (non-hydrogen) atoms. The lowest BCUT2D eigenvalue weighted by molar-refractivity contribution is -0.137. The maximum atomic E-state index is 11.3. The zero-order valence-corrected chi connectivity index (χ0v) is 17.5. The molecular weight excluding hydrogens is 382 g/mol. The zero-order chi connectivity index (χ0) is 21.3. The fourth-order valence-corrected chi connectivity index (χ4v) is 3.92. The summed E-state index contributed by atoms with van der Waals surface area (Å²) in [6.07, 6.45) is 6.99. The molecule has 0 saturated carbocycles. The van der Waals surface area contributed by atoms with Gasteiger partial charge in [-0.2, -0.15) is 0 Å². The van der Waals surface area contributed by atoms with Gasteiger partial charge in [0, 0.05) is 24.5 Å². The summed E-state index contributed by atoms with van der Waals surface area (Å²) in [5.74, 6) is 0.539. The van der Waals surface area contributed by atoms with E-state index in [0.29, 0.717) is 25.1 Å². The summed E-state index contributed by atoms with van der Waals surface area (Å²) in [5, 5.41) is 23.0. The molecule has 0 aliphatic carbocycles. The summed E-state index contributed by atoms with van der Waals surface area (Å²) in [5.41, 5.74) is 3.15. The van der Waals surface area contributed by atoms with Crippen LogP contribution in [0.15, 0.2) is 30.5 Å². The number of carboxylic acid groups (broad SMARTS) is 1. The molecule has 0 fully saturated rings. The molecule has 0 saturated heterocycles. The number of aryl methyl sites for hydroxylation is 2. The third-order valence-corrected chi connectivity index (χ3v) is 5.64. The molecule has 1 unspecified atom stereocenters. The number of aromatic nitrogens is 2.